The van der Waals surface area contributed by atoms with Crippen LogP contribution in [0.25, 0.3) is 0 Å². The van der Waals surface area contributed by atoms with Crippen LogP contribution in [0.15, 0.2) is 16.7 Å². The second-order valence-corrected chi connectivity index (χ2v) is 7.05. The second kappa shape index (κ2) is 7.45. The highest BCUT2D eigenvalue weighted by molar-refractivity contribution is 9.10. The van der Waals surface area contributed by atoms with Crippen LogP contribution < -0.4 is 5.32 Å². The summed E-state index contributed by atoms with van der Waals surface area (Å²) in [4.78, 5) is 14.8. The van der Waals surface area contributed by atoms with E-state index in [1.165, 1.54) is 12.8 Å². The van der Waals surface area contributed by atoms with E-state index in [4.69, 9.17) is 0 Å². The van der Waals surface area contributed by atoms with Gasteiger partial charge < -0.3 is 9.88 Å². The van der Waals surface area contributed by atoms with Crippen molar-refractivity contribution in [3.8, 4) is 0 Å². The van der Waals surface area contributed by atoms with E-state index in [9.17, 15) is 4.79 Å². The standard InChI is InChI=1S/C16H26BrN3O/c1-4-19-11-14(17)8-15(19)16(21)18-9-13(3)20-7-5-6-12(2)10-20/h8,11-13H,4-7,9-10H2,1-3H3,(H,18,21)/t12-,13-/m0/s1. The third-order valence-electron chi connectivity index (χ3n) is 4.31. The Bertz CT molecular complexity index is 486. The molecule has 1 aliphatic rings. The molecule has 1 amide bonds. The van der Waals surface area contributed by atoms with E-state index >= 15 is 0 Å². The van der Waals surface area contributed by atoms with Gasteiger partial charge in [-0.15, -0.1) is 0 Å². The van der Waals surface area contributed by atoms with Gasteiger partial charge in [0.1, 0.15) is 5.69 Å². The fourth-order valence-corrected chi connectivity index (χ4v) is 3.48. The van der Waals surface area contributed by atoms with E-state index in [1.807, 2.05) is 23.8 Å². The minimum atomic E-state index is 0.0134. The van der Waals surface area contributed by atoms with Crippen molar-refractivity contribution in [3.05, 3.63) is 22.4 Å². The molecule has 118 valence electrons. The number of halogens is 1. The predicted octanol–water partition coefficient (Wildman–Crippen LogP) is 3.12. The van der Waals surface area contributed by atoms with Crippen LogP contribution in [0.2, 0.25) is 0 Å². The summed E-state index contributed by atoms with van der Waals surface area (Å²) in [6.45, 7) is 10.4. The lowest BCUT2D eigenvalue weighted by molar-refractivity contribution is 0.0908. The first-order valence-corrected chi connectivity index (χ1v) is 8.68. The summed E-state index contributed by atoms with van der Waals surface area (Å²) in [5.41, 5.74) is 0.726. The zero-order valence-electron chi connectivity index (χ0n) is 13.2. The molecule has 2 rings (SSSR count). The van der Waals surface area contributed by atoms with Crippen LogP contribution >= 0.6 is 15.9 Å². The molecule has 1 fully saturated rings. The molecule has 1 aromatic heterocycles. The number of nitrogens with one attached hydrogen (secondary N) is 1. The SMILES string of the molecule is CCn1cc(Br)cc1C(=O)NC[C@H](C)N1CCC[C@H](C)C1. The Labute approximate surface area is 136 Å². The maximum absolute atomic E-state index is 12.3. The molecular formula is C16H26BrN3O. The van der Waals surface area contributed by atoms with Gasteiger partial charge in [0, 0.05) is 36.3 Å². The first kappa shape index (κ1) is 16.6. The average Bonchev–Trinajstić information content (AvgIpc) is 2.85. The van der Waals surface area contributed by atoms with Gasteiger partial charge in [-0.3, -0.25) is 9.69 Å². The maximum atomic E-state index is 12.3. The smallest absolute Gasteiger partial charge is 0.267 e. The van der Waals surface area contributed by atoms with Gasteiger partial charge in [0.05, 0.1) is 0 Å². The highest BCUT2D eigenvalue weighted by Gasteiger charge is 2.21. The molecule has 1 saturated heterocycles. The van der Waals surface area contributed by atoms with Crippen molar-refractivity contribution in [1.29, 1.82) is 0 Å². The van der Waals surface area contributed by atoms with Crippen LogP contribution in [-0.4, -0.2) is 41.1 Å². The van der Waals surface area contributed by atoms with Gasteiger partial charge in [-0.2, -0.15) is 0 Å². The van der Waals surface area contributed by atoms with Gasteiger partial charge in [0.2, 0.25) is 0 Å². The monoisotopic (exact) mass is 355 g/mol. The third kappa shape index (κ3) is 4.33. The van der Waals surface area contributed by atoms with Crippen molar-refractivity contribution in [3.63, 3.8) is 0 Å². The number of nitrogens with zero attached hydrogens (tertiary/aromatic N) is 2. The summed E-state index contributed by atoms with van der Waals surface area (Å²) in [7, 11) is 0. The highest BCUT2D eigenvalue weighted by atomic mass is 79.9. The normalized spacial score (nSPS) is 21.2. The third-order valence-corrected chi connectivity index (χ3v) is 4.74. The number of piperidine rings is 1. The molecule has 1 aromatic rings. The van der Waals surface area contributed by atoms with E-state index in [1.54, 1.807) is 0 Å². The number of amides is 1. The zero-order valence-corrected chi connectivity index (χ0v) is 14.8. The number of likely N-dealkylation sites (tertiary alicyclic amines) is 1. The number of carbonyl (C=O) groups is 1. The Hall–Kier alpha value is -0.810. The fourth-order valence-electron chi connectivity index (χ4n) is 3.01. The predicted molar refractivity (Wildman–Crippen MR) is 89.6 cm³/mol. The van der Waals surface area contributed by atoms with E-state index in [-0.39, 0.29) is 5.91 Å². The van der Waals surface area contributed by atoms with E-state index in [2.05, 4.69) is 40.0 Å². The maximum Gasteiger partial charge on any atom is 0.267 e. The molecule has 21 heavy (non-hydrogen) atoms. The molecule has 0 saturated carbocycles. The summed E-state index contributed by atoms with van der Waals surface area (Å²) in [6.07, 6.45) is 4.55. The lowest BCUT2D eigenvalue weighted by atomic mass is 9.99. The van der Waals surface area contributed by atoms with Gasteiger partial charge in [-0.25, -0.2) is 0 Å². The number of hydrogen-bond acceptors (Lipinski definition) is 2. The number of rotatable bonds is 5. The summed E-state index contributed by atoms with van der Waals surface area (Å²) in [6, 6.07) is 2.28. The molecule has 4 nitrogen and oxygen atoms in total. The minimum absolute atomic E-state index is 0.0134. The van der Waals surface area contributed by atoms with Gasteiger partial charge in [0.15, 0.2) is 0 Å². The Kier molecular flexibility index (Phi) is 5.88. The number of carbonyl (C=O) groups excluding carboxylic acids is 1. The largest absolute Gasteiger partial charge is 0.349 e. The topological polar surface area (TPSA) is 37.3 Å². The Morgan fingerprint density at radius 3 is 3.00 bits per heavy atom. The van der Waals surface area contributed by atoms with Crippen molar-refractivity contribution < 1.29 is 4.79 Å². The highest BCUT2D eigenvalue weighted by Crippen LogP contribution is 2.18. The first-order valence-electron chi connectivity index (χ1n) is 7.89. The molecular weight excluding hydrogens is 330 g/mol. The van der Waals surface area contributed by atoms with Crippen LogP contribution in [-0.2, 0) is 6.54 Å². The lowest BCUT2D eigenvalue weighted by Gasteiger charge is -2.35. The quantitative estimate of drug-likeness (QED) is 0.880. The van der Waals surface area contributed by atoms with Crippen molar-refractivity contribution in [1.82, 2.24) is 14.8 Å². The van der Waals surface area contributed by atoms with Crippen LogP contribution in [0.1, 0.15) is 44.1 Å². The molecule has 2 heterocycles. The van der Waals surface area contributed by atoms with Gasteiger partial charge in [-0.05, 0) is 61.1 Å². The molecule has 0 spiro atoms. The number of hydrogen-bond donors (Lipinski definition) is 1. The molecule has 1 N–H and O–H groups in total. The van der Waals surface area contributed by atoms with Gasteiger partial charge >= 0.3 is 0 Å². The van der Waals surface area contributed by atoms with Crippen LogP contribution in [0, 0.1) is 5.92 Å². The molecule has 0 unspecified atom stereocenters. The van der Waals surface area contributed by atoms with Crippen molar-refractivity contribution >= 4 is 21.8 Å². The summed E-state index contributed by atoms with van der Waals surface area (Å²) >= 11 is 3.43. The van der Waals surface area contributed by atoms with E-state index in [0.717, 1.165) is 35.7 Å². The Morgan fingerprint density at radius 1 is 1.57 bits per heavy atom. The second-order valence-electron chi connectivity index (χ2n) is 6.13. The van der Waals surface area contributed by atoms with Gasteiger partial charge in [0.25, 0.3) is 5.91 Å². The Morgan fingerprint density at radius 2 is 2.33 bits per heavy atom. The molecule has 0 bridgehead atoms. The molecule has 0 aliphatic carbocycles. The minimum Gasteiger partial charge on any atom is -0.349 e. The van der Waals surface area contributed by atoms with Crippen molar-refractivity contribution in [2.75, 3.05) is 19.6 Å². The van der Waals surface area contributed by atoms with Crippen LogP contribution in [0.5, 0.6) is 0 Å². The molecule has 5 heteroatoms. The summed E-state index contributed by atoms with van der Waals surface area (Å²) < 4.78 is 2.92. The Balaban J connectivity index is 1.88. The summed E-state index contributed by atoms with van der Waals surface area (Å²) in [5, 5.41) is 3.08. The molecule has 0 radical (unpaired) electrons. The molecule has 2 atom stereocenters. The zero-order chi connectivity index (χ0) is 15.4. The average molecular weight is 356 g/mol. The first-order chi connectivity index (χ1) is 10.0. The number of aromatic nitrogens is 1. The van der Waals surface area contributed by atoms with Crippen molar-refractivity contribution in [2.45, 2.75) is 46.2 Å². The van der Waals surface area contributed by atoms with E-state index in [0.29, 0.717) is 12.6 Å². The van der Waals surface area contributed by atoms with Crippen LogP contribution in [0.3, 0.4) is 0 Å². The lowest BCUT2D eigenvalue weighted by Crippen LogP contribution is -2.46. The fraction of sp³-hybridized carbons (Fsp3) is 0.688. The summed E-state index contributed by atoms with van der Waals surface area (Å²) in [5.74, 6) is 0.782. The molecule has 1 aliphatic heterocycles. The molecule has 0 aromatic carbocycles. The van der Waals surface area contributed by atoms with E-state index < -0.39 is 0 Å². The number of aryl methyl sites for hydroxylation is 1. The van der Waals surface area contributed by atoms with Crippen LogP contribution in [0.4, 0.5) is 0 Å². The van der Waals surface area contributed by atoms with Crippen molar-refractivity contribution in [2.24, 2.45) is 5.92 Å². The van der Waals surface area contributed by atoms with Gasteiger partial charge in [-0.1, -0.05) is 6.92 Å².